The first-order valence-electron chi connectivity index (χ1n) is 8.77. The summed E-state index contributed by atoms with van der Waals surface area (Å²) in [5.41, 5.74) is 3.67. The summed E-state index contributed by atoms with van der Waals surface area (Å²) in [4.78, 5) is 24.2. The van der Waals surface area contributed by atoms with Crippen molar-refractivity contribution in [2.75, 3.05) is 27.3 Å². The molecule has 0 heterocycles. The monoisotopic (exact) mass is 370 g/mol. The lowest BCUT2D eigenvalue weighted by Gasteiger charge is -2.10. The molecular weight excluding hydrogens is 344 g/mol. The molecule has 0 atom stereocenters. The van der Waals surface area contributed by atoms with Crippen LogP contribution in [0, 0.1) is 13.8 Å². The Balaban J connectivity index is 1.77. The lowest BCUT2D eigenvalue weighted by atomic mass is 10.1. The zero-order valence-corrected chi connectivity index (χ0v) is 16.2. The average Bonchev–Trinajstić information content (AvgIpc) is 2.67. The topological polar surface area (TPSA) is 76.7 Å². The minimum absolute atomic E-state index is 0.123. The first-order chi connectivity index (χ1) is 12.9. The smallest absolute Gasteiger partial charge is 0.251 e. The van der Waals surface area contributed by atoms with E-state index in [0.717, 1.165) is 16.7 Å². The third-order valence-electron chi connectivity index (χ3n) is 4.31. The second-order valence-electron chi connectivity index (χ2n) is 6.27. The van der Waals surface area contributed by atoms with Crippen molar-refractivity contribution < 1.29 is 19.1 Å². The average molecular weight is 370 g/mol. The molecular formula is C21H26N2O4. The number of methoxy groups -OCH3 is 2. The normalized spacial score (nSPS) is 10.2. The Kier molecular flexibility index (Phi) is 7.23. The van der Waals surface area contributed by atoms with Crippen molar-refractivity contribution in [3.63, 3.8) is 0 Å². The summed E-state index contributed by atoms with van der Waals surface area (Å²) in [5.74, 6) is 0.939. The molecule has 6 nitrogen and oxygen atoms in total. The third kappa shape index (κ3) is 5.74. The van der Waals surface area contributed by atoms with Gasteiger partial charge in [0.1, 0.15) is 0 Å². The van der Waals surface area contributed by atoms with Crippen molar-refractivity contribution in [3.8, 4) is 11.5 Å². The molecule has 0 saturated heterocycles. The minimum Gasteiger partial charge on any atom is -0.493 e. The molecule has 0 saturated carbocycles. The number of amides is 2. The van der Waals surface area contributed by atoms with Crippen molar-refractivity contribution in [3.05, 3.63) is 58.7 Å². The van der Waals surface area contributed by atoms with Gasteiger partial charge in [-0.05, 0) is 54.8 Å². The van der Waals surface area contributed by atoms with Gasteiger partial charge in [0.2, 0.25) is 5.91 Å². The second kappa shape index (κ2) is 9.62. The van der Waals surface area contributed by atoms with Crippen LogP contribution in [0.2, 0.25) is 0 Å². The van der Waals surface area contributed by atoms with Crippen LogP contribution in [0.15, 0.2) is 36.4 Å². The molecule has 0 aromatic heterocycles. The summed E-state index contributed by atoms with van der Waals surface area (Å²) in [5, 5.41) is 5.61. The number of aryl methyl sites for hydroxylation is 2. The lowest BCUT2D eigenvalue weighted by Crippen LogP contribution is -2.35. The van der Waals surface area contributed by atoms with Crippen LogP contribution in [0.4, 0.5) is 0 Å². The Morgan fingerprint density at radius 2 is 1.56 bits per heavy atom. The van der Waals surface area contributed by atoms with E-state index in [1.807, 2.05) is 32.0 Å². The molecule has 0 bridgehead atoms. The molecule has 0 unspecified atom stereocenters. The van der Waals surface area contributed by atoms with Crippen molar-refractivity contribution in [2.24, 2.45) is 0 Å². The summed E-state index contributed by atoms with van der Waals surface area (Å²) in [6.07, 6.45) is 0.228. The van der Waals surface area contributed by atoms with E-state index in [1.54, 1.807) is 32.4 Å². The quantitative estimate of drug-likeness (QED) is 0.700. The number of benzene rings is 2. The summed E-state index contributed by atoms with van der Waals surface area (Å²) in [7, 11) is 3.12. The second-order valence-corrected chi connectivity index (χ2v) is 6.27. The fraction of sp³-hybridized carbons (Fsp3) is 0.333. The Morgan fingerprint density at radius 3 is 2.22 bits per heavy atom. The van der Waals surface area contributed by atoms with Gasteiger partial charge in [-0.3, -0.25) is 9.59 Å². The molecule has 0 fully saturated rings. The van der Waals surface area contributed by atoms with Crippen molar-refractivity contribution in [1.82, 2.24) is 10.6 Å². The van der Waals surface area contributed by atoms with E-state index < -0.39 is 0 Å². The molecule has 2 N–H and O–H groups in total. The standard InChI is InChI=1S/C21H26N2O4/c1-14-5-7-17(11-15(14)2)21(25)23-10-9-22-20(24)13-16-6-8-18(26-3)19(12-16)27-4/h5-8,11-12H,9-10,13H2,1-4H3,(H,22,24)(H,23,25). The maximum Gasteiger partial charge on any atom is 0.251 e. The van der Waals surface area contributed by atoms with Crippen LogP contribution in [0.5, 0.6) is 11.5 Å². The van der Waals surface area contributed by atoms with Gasteiger partial charge in [0.05, 0.1) is 20.6 Å². The van der Waals surface area contributed by atoms with Crippen molar-refractivity contribution in [2.45, 2.75) is 20.3 Å². The molecule has 0 aliphatic carbocycles. The summed E-state index contributed by atoms with van der Waals surface area (Å²) >= 11 is 0. The number of carbonyl (C=O) groups is 2. The van der Waals surface area contributed by atoms with Crippen molar-refractivity contribution >= 4 is 11.8 Å². The Labute approximate surface area is 159 Å². The van der Waals surface area contributed by atoms with Crippen LogP contribution in [0.3, 0.4) is 0 Å². The number of carbonyl (C=O) groups excluding carboxylic acids is 2. The number of rotatable bonds is 8. The predicted octanol–water partition coefficient (Wildman–Crippen LogP) is 2.41. The highest BCUT2D eigenvalue weighted by Gasteiger charge is 2.09. The van der Waals surface area contributed by atoms with E-state index in [9.17, 15) is 9.59 Å². The molecule has 2 amide bonds. The highest BCUT2D eigenvalue weighted by atomic mass is 16.5. The van der Waals surface area contributed by atoms with Gasteiger partial charge in [-0.15, -0.1) is 0 Å². The Morgan fingerprint density at radius 1 is 0.852 bits per heavy atom. The molecule has 0 radical (unpaired) electrons. The first kappa shape index (κ1) is 20.3. The Hall–Kier alpha value is -3.02. The molecule has 6 heteroatoms. The number of nitrogens with one attached hydrogen (secondary N) is 2. The Bertz CT molecular complexity index is 818. The largest absolute Gasteiger partial charge is 0.493 e. The minimum atomic E-state index is -0.146. The number of ether oxygens (including phenoxy) is 2. The fourth-order valence-electron chi connectivity index (χ4n) is 2.60. The zero-order valence-electron chi connectivity index (χ0n) is 16.2. The number of hydrogen-bond acceptors (Lipinski definition) is 4. The van der Waals surface area contributed by atoms with Gasteiger partial charge in [-0.2, -0.15) is 0 Å². The zero-order chi connectivity index (χ0) is 19.8. The SMILES string of the molecule is COc1ccc(CC(=O)NCCNC(=O)c2ccc(C)c(C)c2)cc1OC. The molecule has 2 rings (SSSR count). The van der Waals surface area contributed by atoms with E-state index in [2.05, 4.69) is 10.6 Å². The molecule has 144 valence electrons. The summed E-state index contributed by atoms with van der Waals surface area (Å²) in [6, 6.07) is 11.0. The number of hydrogen-bond donors (Lipinski definition) is 2. The fourth-order valence-corrected chi connectivity index (χ4v) is 2.60. The van der Waals surface area contributed by atoms with Gasteiger partial charge >= 0.3 is 0 Å². The maximum atomic E-state index is 12.1. The van der Waals surface area contributed by atoms with Gasteiger partial charge in [0, 0.05) is 18.7 Å². The molecule has 0 aliphatic heterocycles. The molecule has 2 aromatic rings. The lowest BCUT2D eigenvalue weighted by molar-refractivity contribution is -0.120. The van der Waals surface area contributed by atoms with Crippen LogP contribution in [-0.4, -0.2) is 39.1 Å². The van der Waals surface area contributed by atoms with Crippen LogP contribution >= 0.6 is 0 Å². The summed E-state index contributed by atoms with van der Waals surface area (Å²) < 4.78 is 10.4. The molecule has 0 aliphatic rings. The molecule has 0 spiro atoms. The van der Waals surface area contributed by atoms with E-state index >= 15 is 0 Å². The van der Waals surface area contributed by atoms with Crippen molar-refractivity contribution in [1.29, 1.82) is 0 Å². The van der Waals surface area contributed by atoms with E-state index in [0.29, 0.717) is 30.2 Å². The van der Waals surface area contributed by atoms with Crippen LogP contribution in [-0.2, 0) is 11.2 Å². The predicted molar refractivity (Wildman–Crippen MR) is 105 cm³/mol. The molecule has 2 aromatic carbocycles. The van der Waals surface area contributed by atoms with Crippen LogP contribution in [0.25, 0.3) is 0 Å². The van der Waals surface area contributed by atoms with Gasteiger partial charge in [-0.25, -0.2) is 0 Å². The van der Waals surface area contributed by atoms with Gasteiger partial charge < -0.3 is 20.1 Å². The van der Waals surface area contributed by atoms with Gasteiger partial charge in [0.25, 0.3) is 5.91 Å². The van der Waals surface area contributed by atoms with Gasteiger partial charge in [-0.1, -0.05) is 12.1 Å². The molecule has 27 heavy (non-hydrogen) atoms. The maximum absolute atomic E-state index is 12.1. The summed E-state index contributed by atoms with van der Waals surface area (Å²) in [6.45, 7) is 4.71. The van der Waals surface area contributed by atoms with E-state index in [1.165, 1.54) is 0 Å². The van der Waals surface area contributed by atoms with Crippen LogP contribution in [0.1, 0.15) is 27.0 Å². The van der Waals surface area contributed by atoms with Gasteiger partial charge in [0.15, 0.2) is 11.5 Å². The van der Waals surface area contributed by atoms with Crippen LogP contribution < -0.4 is 20.1 Å². The first-order valence-corrected chi connectivity index (χ1v) is 8.77. The highest BCUT2D eigenvalue weighted by molar-refractivity contribution is 5.94. The van der Waals surface area contributed by atoms with E-state index in [4.69, 9.17) is 9.47 Å². The third-order valence-corrected chi connectivity index (χ3v) is 4.31. The van der Waals surface area contributed by atoms with E-state index in [-0.39, 0.29) is 18.2 Å². The highest BCUT2D eigenvalue weighted by Crippen LogP contribution is 2.27.